The van der Waals surface area contributed by atoms with Gasteiger partial charge in [0, 0.05) is 48.1 Å². The lowest BCUT2D eigenvalue weighted by molar-refractivity contribution is -0.142. The minimum absolute atomic E-state index is 0.0161. The second kappa shape index (κ2) is 14.9. The van der Waals surface area contributed by atoms with Crippen molar-refractivity contribution in [1.29, 1.82) is 0 Å². The van der Waals surface area contributed by atoms with Gasteiger partial charge in [0.15, 0.2) is 5.78 Å². The van der Waals surface area contributed by atoms with Gasteiger partial charge in [-0.1, -0.05) is 80.0 Å². The van der Waals surface area contributed by atoms with Crippen LogP contribution in [0.5, 0.6) is 0 Å². The number of Topliss-reactive ketones (excluding diaryl/α,β-unsaturated/α-hetero) is 1. The molecule has 3 aromatic carbocycles. The molecule has 0 radical (unpaired) electrons. The highest BCUT2D eigenvalue weighted by molar-refractivity contribution is 6.31. The number of fused-ring (bicyclic) bond motifs is 1. The van der Waals surface area contributed by atoms with Crippen LogP contribution in [-0.4, -0.2) is 53.1 Å². The van der Waals surface area contributed by atoms with Crippen LogP contribution in [0.1, 0.15) is 60.2 Å². The maximum atomic E-state index is 13.9. The third kappa shape index (κ3) is 8.75. The summed E-state index contributed by atoms with van der Waals surface area (Å²) in [5, 5.41) is 9.73. The predicted molar refractivity (Wildman–Crippen MR) is 169 cm³/mol. The molecule has 0 aliphatic carbocycles. The van der Waals surface area contributed by atoms with Crippen LogP contribution in [0.15, 0.2) is 72.8 Å². The number of carbonyl (C=O) groups is 4. The average Bonchev–Trinajstić information content (AvgIpc) is 3.00. The normalized spacial score (nSPS) is 15.0. The summed E-state index contributed by atoms with van der Waals surface area (Å²) in [6, 6.07) is 20.3. The molecule has 0 unspecified atom stereocenters. The standard InChI is InChI=1S/C34H39ClN4O4/c1-22(2)36-18-17-29(33(42)37-27-13-14-28(35)23(3)19-27)38-34(43)30-20-25-11-7-8-12-26(25)21-39(30)32(41)16-15-31(40)24-9-5-4-6-10-24/h4-14,19,22,29-30,36H,15-18,20-21H2,1-3H3,(H,37,42)(H,38,43)/t29-,30-/m0/s1. The number of benzene rings is 3. The molecule has 3 amide bonds. The van der Waals surface area contributed by atoms with Gasteiger partial charge in [-0.25, -0.2) is 0 Å². The summed E-state index contributed by atoms with van der Waals surface area (Å²) in [7, 11) is 0. The predicted octanol–water partition coefficient (Wildman–Crippen LogP) is 5.08. The van der Waals surface area contributed by atoms with Gasteiger partial charge in [0.25, 0.3) is 0 Å². The van der Waals surface area contributed by atoms with Crippen molar-refractivity contribution in [1.82, 2.24) is 15.5 Å². The number of ketones is 1. The maximum absolute atomic E-state index is 13.9. The number of aryl methyl sites for hydroxylation is 1. The number of carbonyl (C=O) groups excluding carboxylic acids is 4. The molecule has 0 saturated heterocycles. The third-order valence-corrected chi connectivity index (χ3v) is 8.00. The van der Waals surface area contributed by atoms with Crippen molar-refractivity contribution in [3.8, 4) is 0 Å². The minimum Gasteiger partial charge on any atom is -0.342 e. The molecule has 1 aliphatic heterocycles. The zero-order valence-electron chi connectivity index (χ0n) is 24.9. The van der Waals surface area contributed by atoms with Crippen molar-refractivity contribution in [3.05, 3.63) is 100 Å². The largest absolute Gasteiger partial charge is 0.342 e. The van der Waals surface area contributed by atoms with Crippen molar-refractivity contribution < 1.29 is 19.2 Å². The molecule has 3 N–H and O–H groups in total. The van der Waals surface area contributed by atoms with Crippen LogP contribution in [0.3, 0.4) is 0 Å². The van der Waals surface area contributed by atoms with E-state index in [2.05, 4.69) is 16.0 Å². The summed E-state index contributed by atoms with van der Waals surface area (Å²) < 4.78 is 0. The van der Waals surface area contributed by atoms with Crippen LogP contribution in [0.4, 0.5) is 5.69 Å². The monoisotopic (exact) mass is 602 g/mol. The second-order valence-electron chi connectivity index (χ2n) is 11.2. The van der Waals surface area contributed by atoms with Crippen LogP contribution >= 0.6 is 11.6 Å². The third-order valence-electron chi connectivity index (χ3n) is 7.58. The van der Waals surface area contributed by atoms with E-state index in [4.69, 9.17) is 11.6 Å². The molecule has 43 heavy (non-hydrogen) atoms. The Labute approximate surface area is 258 Å². The van der Waals surface area contributed by atoms with Crippen molar-refractivity contribution in [2.24, 2.45) is 0 Å². The van der Waals surface area contributed by atoms with Gasteiger partial charge in [0.05, 0.1) is 0 Å². The Morgan fingerprint density at radius 2 is 1.63 bits per heavy atom. The molecule has 0 spiro atoms. The first-order valence-corrected chi connectivity index (χ1v) is 15.1. The Morgan fingerprint density at radius 1 is 0.930 bits per heavy atom. The fourth-order valence-electron chi connectivity index (χ4n) is 5.16. The van der Waals surface area contributed by atoms with Crippen molar-refractivity contribution in [3.63, 3.8) is 0 Å². The Bertz CT molecular complexity index is 1460. The van der Waals surface area contributed by atoms with Crippen LogP contribution in [0.2, 0.25) is 5.02 Å². The Balaban J connectivity index is 1.51. The van der Waals surface area contributed by atoms with Crippen molar-refractivity contribution >= 4 is 40.8 Å². The summed E-state index contributed by atoms with van der Waals surface area (Å²) in [4.78, 5) is 55.0. The highest BCUT2D eigenvalue weighted by atomic mass is 35.5. The van der Waals surface area contributed by atoms with Gasteiger partial charge in [0.2, 0.25) is 17.7 Å². The number of halogens is 1. The first-order chi connectivity index (χ1) is 20.6. The molecular formula is C34H39ClN4O4. The molecule has 0 bridgehead atoms. The zero-order chi connectivity index (χ0) is 30.9. The zero-order valence-corrected chi connectivity index (χ0v) is 25.6. The average molecular weight is 603 g/mol. The van der Waals surface area contributed by atoms with Gasteiger partial charge in [-0.15, -0.1) is 0 Å². The van der Waals surface area contributed by atoms with Gasteiger partial charge >= 0.3 is 0 Å². The maximum Gasteiger partial charge on any atom is 0.246 e. The van der Waals surface area contributed by atoms with E-state index in [0.717, 1.165) is 16.7 Å². The number of rotatable bonds is 12. The Hall–Kier alpha value is -4.01. The molecule has 9 heteroatoms. The molecule has 4 rings (SSSR count). The Kier molecular flexibility index (Phi) is 11.1. The lowest BCUT2D eigenvalue weighted by Gasteiger charge is -2.37. The van der Waals surface area contributed by atoms with Crippen molar-refractivity contribution in [2.45, 2.75) is 71.1 Å². The first-order valence-electron chi connectivity index (χ1n) is 14.7. The number of hydrogen-bond donors (Lipinski definition) is 3. The molecule has 8 nitrogen and oxygen atoms in total. The highest BCUT2D eigenvalue weighted by Crippen LogP contribution is 2.25. The lowest BCUT2D eigenvalue weighted by Crippen LogP contribution is -2.56. The van der Waals surface area contributed by atoms with Crippen LogP contribution in [0, 0.1) is 6.92 Å². The smallest absolute Gasteiger partial charge is 0.246 e. The van der Waals surface area contributed by atoms with E-state index >= 15 is 0 Å². The summed E-state index contributed by atoms with van der Waals surface area (Å²) in [6.45, 7) is 6.63. The molecular weight excluding hydrogens is 564 g/mol. The number of nitrogens with zero attached hydrogens (tertiary/aromatic N) is 1. The van der Waals surface area contributed by atoms with Gasteiger partial charge < -0.3 is 20.9 Å². The van der Waals surface area contributed by atoms with E-state index in [-0.39, 0.29) is 43.0 Å². The highest BCUT2D eigenvalue weighted by Gasteiger charge is 2.36. The van der Waals surface area contributed by atoms with E-state index in [1.165, 1.54) is 0 Å². The van der Waals surface area contributed by atoms with Gasteiger partial charge in [-0.05, 0) is 54.8 Å². The lowest BCUT2D eigenvalue weighted by atomic mass is 9.92. The van der Waals surface area contributed by atoms with E-state index in [0.29, 0.717) is 35.7 Å². The van der Waals surface area contributed by atoms with Crippen LogP contribution in [-0.2, 0) is 27.3 Å². The number of hydrogen-bond acceptors (Lipinski definition) is 5. The fraction of sp³-hybridized carbons (Fsp3) is 0.353. The van der Waals surface area contributed by atoms with Gasteiger partial charge in [-0.3, -0.25) is 19.2 Å². The topological polar surface area (TPSA) is 108 Å². The van der Waals surface area contributed by atoms with E-state index in [9.17, 15) is 19.2 Å². The van der Waals surface area contributed by atoms with Gasteiger partial charge in [-0.2, -0.15) is 0 Å². The molecule has 0 saturated carbocycles. The van der Waals surface area contributed by atoms with Crippen molar-refractivity contribution in [2.75, 3.05) is 11.9 Å². The van der Waals surface area contributed by atoms with E-state index in [1.807, 2.05) is 51.1 Å². The van der Waals surface area contributed by atoms with E-state index in [1.54, 1.807) is 47.4 Å². The fourth-order valence-corrected chi connectivity index (χ4v) is 5.27. The minimum atomic E-state index is -0.844. The molecule has 3 aromatic rings. The van der Waals surface area contributed by atoms with E-state index < -0.39 is 18.0 Å². The molecule has 1 heterocycles. The first kappa shape index (κ1) is 31.9. The molecule has 1 aliphatic rings. The summed E-state index contributed by atoms with van der Waals surface area (Å²) >= 11 is 6.15. The SMILES string of the molecule is Cc1cc(NC(=O)[C@H](CCNC(C)C)NC(=O)[C@@H]2Cc3ccccc3CN2C(=O)CCC(=O)c2ccccc2)ccc1Cl. The molecule has 0 fully saturated rings. The van der Waals surface area contributed by atoms with Crippen LogP contribution in [0.25, 0.3) is 0 Å². The van der Waals surface area contributed by atoms with Crippen LogP contribution < -0.4 is 16.0 Å². The second-order valence-corrected chi connectivity index (χ2v) is 11.6. The number of nitrogens with one attached hydrogen (secondary N) is 3. The number of anilines is 1. The molecule has 226 valence electrons. The summed E-state index contributed by atoms with van der Waals surface area (Å²) in [5.41, 5.74) is 3.89. The quantitative estimate of drug-likeness (QED) is 0.251. The van der Waals surface area contributed by atoms with Gasteiger partial charge in [0.1, 0.15) is 12.1 Å². The molecule has 0 aromatic heterocycles. The summed E-state index contributed by atoms with van der Waals surface area (Å²) in [6.07, 6.45) is 0.695. The molecule has 2 atom stereocenters. The Morgan fingerprint density at radius 3 is 2.33 bits per heavy atom. The summed E-state index contributed by atoms with van der Waals surface area (Å²) in [5.74, 6) is -1.17. The number of amides is 3.